The Morgan fingerprint density at radius 1 is 0.622 bits per heavy atom. The SMILES string of the molecule is C/C=C\OC(C)c1cc(-c2ccco2)c2ccc3c(-c4ccco4)cc(-c4ccco4)c4ccc1c2c34. The molecule has 4 nitrogen and oxygen atoms in total. The van der Waals surface area contributed by atoms with Crippen molar-refractivity contribution in [1.29, 1.82) is 0 Å². The number of allylic oxidation sites excluding steroid dienone is 1. The molecule has 0 aliphatic carbocycles. The first-order valence-corrected chi connectivity index (χ1v) is 12.4. The normalized spacial score (nSPS) is 12.9. The van der Waals surface area contributed by atoms with E-state index < -0.39 is 0 Å². The molecule has 4 heteroatoms. The van der Waals surface area contributed by atoms with Crippen LogP contribution in [0.25, 0.3) is 66.3 Å². The maximum Gasteiger partial charge on any atom is 0.134 e. The molecule has 7 rings (SSSR count). The summed E-state index contributed by atoms with van der Waals surface area (Å²) >= 11 is 0. The van der Waals surface area contributed by atoms with Gasteiger partial charge >= 0.3 is 0 Å². The molecule has 0 saturated heterocycles. The summed E-state index contributed by atoms with van der Waals surface area (Å²) < 4.78 is 23.8. The number of ether oxygens (including phenoxy) is 1. The summed E-state index contributed by atoms with van der Waals surface area (Å²) in [6, 6.07) is 25.0. The molecule has 0 aliphatic heterocycles. The maximum absolute atomic E-state index is 6.06. The first-order chi connectivity index (χ1) is 18.2. The summed E-state index contributed by atoms with van der Waals surface area (Å²) in [6.07, 6.45) is 8.66. The molecule has 3 heterocycles. The van der Waals surface area contributed by atoms with E-state index in [4.69, 9.17) is 18.0 Å². The van der Waals surface area contributed by atoms with Crippen LogP contribution in [0.2, 0.25) is 0 Å². The lowest BCUT2D eigenvalue weighted by Crippen LogP contribution is -2.00. The smallest absolute Gasteiger partial charge is 0.134 e. The van der Waals surface area contributed by atoms with Crippen molar-refractivity contribution in [2.24, 2.45) is 0 Å². The van der Waals surface area contributed by atoms with E-state index in [2.05, 4.69) is 43.3 Å². The Bertz CT molecular complexity index is 1800. The molecule has 7 aromatic rings. The molecule has 0 aliphatic rings. The van der Waals surface area contributed by atoms with Gasteiger partial charge < -0.3 is 18.0 Å². The molecule has 0 saturated carbocycles. The number of furan rings is 3. The Labute approximate surface area is 213 Å². The zero-order valence-corrected chi connectivity index (χ0v) is 20.5. The number of hydrogen-bond donors (Lipinski definition) is 0. The Balaban J connectivity index is 1.67. The van der Waals surface area contributed by atoms with E-state index in [1.54, 1.807) is 25.1 Å². The Kier molecular flexibility index (Phi) is 4.93. The third-order valence-electron chi connectivity index (χ3n) is 7.15. The predicted molar refractivity (Wildman–Crippen MR) is 148 cm³/mol. The molecule has 0 bridgehead atoms. The highest BCUT2D eigenvalue weighted by atomic mass is 16.5. The summed E-state index contributed by atoms with van der Waals surface area (Å²) in [5.74, 6) is 2.47. The van der Waals surface area contributed by atoms with E-state index >= 15 is 0 Å². The lowest BCUT2D eigenvalue weighted by atomic mass is 9.84. The van der Waals surface area contributed by atoms with E-state index in [0.29, 0.717) is 0 Å². The highest BCUT2D eigenvalue weighted by molar-refractivity contribution is 6.30. The van der Waals surface area contributed by atoms with Crippen molar-refractivity contribution in [3.63, 3.8) is 0 Å². The van der Waals surface area contributed by atoms with Gasteiger partial charge in [0.2, 0.25) is 0 Å². The Hall–Kier alpha value is -4.70. The minimum Gasteiger partial charge on any atom is -0.494 e. The van der Waals surface area contributed by atoms with Gasteiger partial charge in [0.15, 0.2) is 0 Å². The second kappa shape index (κ2) is 8.45. The van der Waals surface area contributed by atoms with Gasteiger partial charge in [-0.05, 0) is 94.7 Å². The molecule has 37 heavy (non-hydrogen) atoms. The molecule has 180 valence electrons. The van der Waals surface area contributed by atoms with E-state index in [1.165, 1.54) is 10.8 Å². The van der Waals surface area contributed by atoms with Crippen molar-refractivity contribution < 1.29 is 18.0 Å². The summed E-state index contributed by atoms with van der Waals surface area (Å²) in [5, 5.41) is 6.89. The quantitative estimate of drug-likeness (QED) is 0.174. The molecule has 0 radical (unpaired) electrons. The van der Waals surface area contributed by atoms with Crippen molar-refractivity contribution in [3.8, 4) is 34.0 Å². The van der Waals surface area contributed by atoms with Crippen LogP contribution >= 0.6 is 0 Å². The summed E-state index contributed by atoms with van der Waals surface area (Å²) in [4.78, 5) is 0. The molecular formula is C33H24O4. The van der Waals surface area contributed by atoms with Gasteiger partial charge in [0.05, 0.1) is 25.1 Å². The predicted octanol–water partition coefficient (Wildman–Crippen LogP) is 9.98. The van der Waals surface area contributed by atoms with Gasteiger partial charge in [-0.15, -0.1) is 0 Å². The first-order valence-electron chi connectivity index (χ1n) is 12.4. The van der Waals surface area contributed by atoms with E-state index in [0.717, 1.165) is 61.1 Å². The standard InChI is InChI=1S/C33H24O4/c1-3-14-34-20(2)25-18-26(29-7-4-15-35-29)22-12-13-24-28(31-9-6-17-37-31)19-27(30-8-5-16-36-30)23-11-10-21(25)32(22)33(23)24/h3-20H,1-2H3/b14-3-. The van der Waals surface area contributed by atoms with Crippen LogP contribution in [-0.4, -0.2) is 0 Å². The van der Waals surface area contributed by atoms with Crippen LogP contribution in [0.4, 0.5) is 0 Å². The lowest BCUT2D eigenvalue weighted by molar-refractivity contribution is 0.165. The average Bonchev–Trinajstić information content (AvgIpc) is 3.73. The maximum atomic E-state index is 6.06. The highest BCUT2D eigenvalue weighted by Gasteiger charge is 2.23. The minimum absolute atomic E-state index is 0.149. The first kappa shape index (κ1) is 21.6. The molecule has 0 amide bonds. The Morgan fingerprint density at radius 2 is 1.08 bits per heavy atom. The van der Waals surface area contributed by atoms with Crippen molar-refractivity contribution >= 4 is 32.3 Å². The van der Waals surface area contributed by atoms with E-state index in [-0.39, 0.29) is 6.10 Å². The molecule has 1 atom stereocenters. The molecule has 4 aromatic carbocycles. The van der Waals surface area contributed by atoms with Crippen LogP contribution in [0.3, 0.4) is 0 Å². The minimum atomic E-state index is -0.149. The third kappa shape index (κ3) is 3.30. The van der Waals surface area contributed by atoms with Gasteiger partial charge in [-0.25, -0.2) is 0 Å². The number of benzene rings is 4. The Morgan fingerprint density at radius 3 is 1.54 bits per heavy atom. The molecule has 0 fully saturated rings. The largest absolute Gasteiger partial charge is 0.494 e. The third-order valence-corrected chi connectivity index (χ3v) is 7.15. The van der Waals surface area contributed by atoms with E-state index in [9.17, 15) is 0 Å². The number of hydrogen-bond acceptors (Lipinski definition) is 4. The van der Waals surface area contributed by atoms with Crippen molar-refractivity contribution in [1.82, 2.24) is 0 Å². The lowest BCUT2D eigenvalue weighted by Gasteiger charge is -2.21. The van der Waals surface area contributed by atoms with Gasteiger partial charge in [-0.1, -0.05) is 30.3 Å². The van der Waals surface area contributed by atoms with Gasteiger partial charge in [-0.2, -0.15) is 0 Å². The van der Waals surface area contributed by atoms with E-state index in [1.807, 2.05) is 49.4 Å². The van der Waals surface area contributed by atoms with Crippen molar-refractivity contribution in [2.75, 3.05) is 0 Å². The second-order valence-electron chi connectivity index (χ2n) is 9.24. The second-order valence-corrected chi connectivity index (χ2v) is 9.24. The van der Waals surface area contributed by atoms with Gasteiger partial charge in [0.25, 0.3) is 0 Å². The molecule has 0 spiro atoms. The van der Waals surface area contributed by atoms with Gasteiger partial charge in [-0.3, -0.25) is 0 Å². The van der Waals surface area contributed by atoms with Crippen molar-refractivity contribution in [3.05, 3.63) is 109 Å². The molecule has 3 aromatic heterocycles. The average molecular weight is 485 g/mol. The molecular weight excluding hydrogens is 460 g/mol. The molecule has 1 unspecified atom stereocenters. The van der Waals surface area contributed by atoms with Crippen LogP contribution in [-0.2, 0) is 4.74 Å². The topological polar surface area (TPSA) is 48.7 Å². The zero-order chi connectivity index (χ0) is 24.9. The zero-order valence-electron chi connectivity index (χ0n) is 20.5. The van der Waals surface area contributed by atoms with Crippen LogP contribution in [0.1, 0.15) is 25.5 Å². The van der Waals surface area contributed by atoms with Crippen LogP contribution in [0.15, 0.2) is 117 Å². The monoisotopic (exact) mass is 484 g/mol. The van der Waals surface area contributed by atoms with Crippen molar-refractivity contribution in [2.45, 2.75) is 20.0 Å². The molecule has 0 N–H and O–H groups in total. The van der Waals surface area contributed by atoms with Gasteiger partial charge in [0.1, 0.15) is 23.4 Å². The fourth-order valence-corrected chi connectivity index (χ4v) is 5.53. The summed E-state index contributed by atoms with van der Waals surface area (Å²) in [6.45, 7) is 4.04. The fraction of sp³-hybridized carbons (Fsp3) is 0.0909. The van der Waals surface area contributed by atoms with Crippen LogP contribution in [0.5, 0.6) is 0 Å². The number of rotatable bonds is 6. The van der Waals surface area contributed by atoms with Crippen LogP contribution in [0, 0.1) is 0 Å². The highest BCUT2D eigenvalue weighted by Crippen LogP contribution is 2.47. The summed E-state index contributed by atoms with van der Waals surface area (Å²) in [7, 11) is 0. The van der Waals surface area contributed by atoms with Crippen LogP contribution < -0.4 is 0 Å². The summed E-state index contributed by atoms with van der Waals surface area (Å²) in [5.41, 5.74) is 4.21. The fourth-order valence-electron chi connectivity index (χ4n) is 5.53. The van der Waals surface area contributed by atoms with Gasteiger partial charge in [0, 0.05) is 22.3 Å².